The lowest BCUT2D eigenvalue weighted by Gasteiger charge is -2.08. The largest absolute Gasteiger partial charge is 0.333 e. The quantitative estimate of drug-likeness (QED) is 0.644. The van der Waals surface area contributed by atoms with Gasteiger partial charge in [0.25, 0.3) is 0 Å². The average molecular weight is 251 g/mol. The molecule has 0 spiro atoms. The van der Waals surface area contributed by atoms with E-state index in [1.807, 2.05) is 12.5 Å². The van der Waals surface area contributed by atoms with Gasteiger partial charge in [0.1, 0.15) is 0 Å². The van der Waals surface area contributed by atoms with Crippen LogP contribution < -0.4 is 5.32 Å². The summed E-state index contributed by atoms with van der Waals surface area (Å²) in [6, 6.07) is 0. The average Bonchev–Trinajstić information content (AvgIpc) is 2.78. The zero-order valence-electron chi connectivity index (χ0n) is 12.3. The van der Waals surface area contributed by atoms with Crippen molar-refractivity contribution in [2.45, 2.75) is 66.0 Å². The molecule has 0 fully saturated rings. The highest BCUT2D eigenvalue weighted by Crippen LogP contribution is 2.10. The van der Waals surface area contributed by atoms with E-state index in [2.05, 4.69) is 35.6 Å². The van der Waals surface area contributed by atoms with Gasteiger partial charge in [-0.15, -0.1) is 0 Å². The Balaban J connectivity index is 2.13. The SMILES string of the molecule is CCNCc1cncn1CCCCCCC(C)C. The van der Waals surface area contributed by atoms with Gasteiger partial charge in [-0.3, -0.25) is 0 Å². The van der Waals surface area contributed by atoms with Gasteiger partial charge in [-0.05, 0) is 18.9 Å². The second kappa shape index (κ2) is 9.15. The molecule has 1 heterocycles. The van der Waals surface area contributed by atoms with E-state index in [-0.39, 0.29) is 0 Å². The fourth-order valence-corrected chi connectivity index (χ4v) is 2.14. The van der Waals surface area contributed by atoms with Crippen LogP contribution in [0.25, 0.3) is 0 Å². The van der Waals surface area contributed by atoms with Gasteiger partial charge >= 0.3 is 0 Å². The van der Waals surface area contributed by atoms with Crippen molar-refractivity contribution in [3.63, 3.8) is 0 Å². The van der Waals surface area contributed by atoms with Crippen molar-refractivity contribution in [1.82, 2.24) is 14.9 Å². The number of hydrogen-bond acceptors (Lipinski definition) is 2. The minimum Gasteiger partial charge on any atom is -0.333 e. The second-order valence-corrected chi connectivity index (χ2v) is 5.46. The molecule has 0 aliphatic heterocycles. The molecule has 0 aliphatic rings. The Morgan fingerprint density at radius 3 is 2.72 bits per heavy atom. The highest BCUT2D eigenvalue weighted by atomic mass is 15.1. The first-order valence-electron chi connectivity index (χ1n) is 7.43. The molecule has 3 nitrogen and oxygen atoms in total. The molecule has 1 N–H and O–H groups in total. The first-order valence-corrected chi connectivity index (χ1v) is 7.43. The lowest BCUT2D eigenvalue weighted by atomic mass is 10.0. The fraction of sp³-hybridized carbons (Fsp3) is 0.800. The Kier molecular flexibility index (Phi) is 7.74. The molecule has 3 heteroatoms. The normalized spacial score (nSPS) is 11.3. The van der Waals surface area contributed by atoms with Crippen LogP contribution in [0.1, 0.15) is 58.6 Å². The van der Waals surface area contributed by atoms with E-state index >= 15 is 0 Å². The van der Waals surface area contributed by atoms with Crippen LogP contribution in [0.5, 0.6) is 0 Å². The maximum absolute atomic E-state index is 4.24. The molecule has 0 saturated heterocycles. The van der Waals surface area contributed by atoms with Crippen molar-refractivity contribution in [1.29, 1.82) is 0 Å². The molecule has 0 aliphatic carbocycles. The first-order chi connectivity index (χ1) is 8.74. The third kappa shape index (κ3) is 6.20. The van der Waals surface area contributed by atoms with Gasteiger partial charge in [0.15, 0.2) is 0 Å². The number of aromatic nitrogens is 2. The number of hydrogen-bond donors (Lipinski definition) is 1. The number of aryl methyl sites for hydroxylation is 1. The van der Waals surface area contributed by atoms with Crippen LogP contribution in [0.2, 0.25) is 0 Å². The molecule has 1 rings (SSSR count). The minimum absolute atomic E-state index is 0.852. The number of nitrogens with zero attached hydrogens (tertiary/aromatic N) is 2. The van der Waals surface area contributed by atoms with E-state index in [9.17, 15) is 0 Å². The molecule has 1 aromatic rings. The van der Waals surface area contributed by atoms with Crippen LogP contribution in [0, 0.1) is 5.92 Å². The summed E-state index contributed by atoms with van der Waals surface area (Å²) in [5.41, 5.74) is 1.30. The molecule has 0 saturated carbocycles. The molecule has 1 aromatic heterocycles. The molecule has 104 valence electrons. The Bertz CT molecular complexity index is 304. The van der Waals surface area contributed by atoms with Crippen molar-refractivity contribution in [3.05, 3.63) is 18.2 Å². The smallest absolute Gasteiger partial charge is 0.0948 e. The Morgan fingerprint density at radius 2 is 2.00 bits per heavy atom. The fourth-order valence-electron chi connectivity index (χ4n) is 2.14. The summed E-state index contributed by atoms with van der Waals surface area (Å²) < 4.78 is 2.28. The van der Waals surface area contributed by atoms with Gasteiger partial charge in [0.2, 0.25) is 0 Å². The Morgan fingerprint density at radius 1 is 1.22 bits per heavy atom. The molecule has 0 atom stereocenters. The van der Waals surface area contributed by atoms with Crippen molar-refractivity contribution >= 4 is 0 Å². The summed E-state index contributed by atoms with van der Waals surface area (Å²) >= 11 is 0. The van der Waals surface area contributed by atoms with E-state index < -0.39 is 0 Å². The molecular weight excluding hydrogens is 222 g/mol. The third-order valence-electron chi connectivity index (χ3n) is 3.29. The molecule has 0 amide bonds. The Labute approximate surface area is 112 Å². The van der Waals surface area contributed by atoms with Crippen LogP contribution >= 0.6 is 0 Å². The van der Waals surface area contributed by atoms with Crippen LogP contribution in [0.4, 0.5) is 0 Å². The number of unbranched alkanes of at least 4 members (excludes halogenated alkanes) is 3. The van der Waals surface area contributed by atoms with Crippen LogP contribution in [-0.2, 0) is 13.1 Å². The minimum atomic E-state index is 0.852. The molecule has 0 radical (unpaired) electrons. The van der Waals surface area contributed by atoms with Crippen molar-refractivity contribution in [2.24, 2.45) is 5.92 Å². The standard InChI is InChI=1S/C15H29N3/c1-4-16-11-15-12-17-13-18(15)10-8-6-5-7-9-14(2)3/h12-14,16H,4-11H2,1-3H3. The van der Waals surface area contributed by atoms with Crippen molar-refractivity contribution < 1.29 is 0 Å². The van der Waals surface area contributed by atoms with Gasteiger partial charge < -0.3 is 9.88 Å². The van der Waals surface area contributed by atoms with Gasteiger partial charge in [-0.2, -0.15) is 0 Å². The summed E-state index contributed by atoms with van der Waals surface area (Å²) in [7, 11) is 0. The van der Waals surface area contributed by atoms with Crippen LogP contribution in [0.15, 0.2) is 12.5 Å². The summed E-state index contributed by atoms with van der Waals surface area (Å²) in [5.74, 6) is 0.852. The molecule has 0 bridgehead atoms. The van der Waals surface area contributed by atoms with E-state index in [0.29, 0.717) is 0 Å². The number of nitrogens with one attached hydrogen (secondary N) is 1. The third-order valence-corrected chi connectivity index (χ3v) is 3.29. The van der Waals surface area contributed by atoms with Crippen LogP contribution in [0.3, 0.4) is 0 Å². The zero-order chi connectivity index (χ0) is 13.2. The maximum Gasteiger partial charge on any atom is 0.0948 e. The van der Waals surface area contributed by atoms with Crippen LogP contribution in [-0.4, -0.2) is 16.1 Å². The zero-order valence-corrected chi connectivity index (χ0v) is 12.3. The van der Waals surface area contributed by atoms with Crippen molar-refractivity contribution in [2.75, 3.05) is 6.54 Å². The van der Waals surface area contributed by atoms with Gasteiger partial charge in [-0.25, -0.2) is 4.98 Å². The summed E-state index contributed by atoms with van der Waals surface area (Å²) in [4.78, 5) is 4.24. The molecular formula is C15H29N3. The highest BCUT2D eigenvalue weighted by Gasteiger charge is 2.01. The predicted octanol–water partition coefficient (Wildman–Crippen LogP) is 3.60. The monoisotopic (exact) mass is 251 g/mol. The summed E-state index contributed by atoms with van der Waals surface area (Å²) in [6.45, 7) is 9.80. The maximum atomic E-state index is 4.24. The lowest BCUT2D eigenvalue weighted by Crippen LogP contribution is -2.15. The predicted molar refractivity (Wildman–Crippen MR) is 77.5 cm³/mol. The van der Waals surface area contributed by atoms with Gasteiger partial charge in [0.05, 0.1) is 12.0 Å². The van der Waals surface area contributed by atoms with E-state index in [0.717, 1.165) is 25.6 Å². The van der Waals surface area contributed by atoms with E-state index in [1.54, 1.807) is 0 Å². The summed E-state index contributed by atoms with van der Waals surface area (Å²) in [6.07, 6.45) is 10.7. The van der Waals surface area contributed by atoms with Gasteiger partial charge in [-0.1, -0.05) is 46.5 Å². The van der Waals surface area contributed by atoms with Crippen molar-refractivity contribution in [3.8, 4) is 0 Å². The topological polar surface area (TPSA) is 29.9 Å². The molecule has 0 unspecified atom stereocenters. The molecule has 18 heavy (non-hydrogen) atoms. The lowest BCUT2D eigenvalue weighted by molar-refractivity contribution is 0.500. The highest BCUT2D eigenvalue weighted by molar-refractivity contribution is 4.97. The second-order valence-electron chi connectivity index (χ2n) is 5.46. The first kappa shape index (κ1) is 15.2. The number of rotatable bonds is 10. The molecule has 0 aromatic carbocycles. The van der Waals surface area contributed by atoms with E-state index in [4.69, 9.17) is 0 Å². The Hall–Kier alpha value is -0.830. The summed E-state index contributed by atoms with van der Waals surface area (Å²) in [5, 5.41) is 3.35. The van der Waals surface area contributed by atoms with Gasteiger partial charge in [0, 0.05) is 19.3 Å². The van der Waals surface area contributed by atoms with E-state index in [1.165, 1.54) is 37.8 Å². The number of imidazole rings is 1.